The monoisotopic (exact) mass is 459 g/mol. The van der Waals surface area contributed by atoms with Gasteiger partial charge < -0.3 is 9.69 Å². The van der Waals surface area contributed by atoms with Crippen molar-refractivity contribution < 1.29 is 9.59 Å². The summed E-state index contributed by atoms with van der Waals surface area (Å²) >= 11 is 5.67. The predicted molar refractivity (Wildman–Crippen MR) is 133 cm³/mol. The number of aromatic nitrogens is 2. The molecule has 0 amide bonds. The van der Waals surface area contributed by atoms with Crippen LogP contribution in [0.15, 0.2) is 42.6 Å². The first kappa shape index (κ1) is 27.8. The third-order valence-corrected chi connectivity index (χ3v) is 5.85. The maximum absolute atomic E-state index is 11.5. The van der Waals surface area contributed by atoms with Crippen molar-refractivity contribution >= 4 is 29.0 Å². The van der Waals surface area contributed by atoms with Gasteiger partial charge >= 0.3 is 0 Å². The van der Waals surface area contributed by atoms with Crippen LogP contribution in [-0.4, -0.2) is 34.9 Å². The molecule has 176 valence electrons. The standard InChI is InChI=1S/C11H15N3O.C8H9Cl.C7H14O/c1-9(15)11(2)5-7-14(8-11)10-4-3-6-12-13-10;1-2-7-3-5-8(9)6-4-7;1-6(2)4-5-7(3)8/h3-4,6H,5,7-8H2,1-2H3;3-6H,2H2,1H3;6H,4-5H2,1-3H3. The van der Waals surface area contributed by atoms with Crippen LogP contribution in [0.3, 0.4) is 0 Å². The van der Waals surface area contributed by atoms with Gasteiger partial charge in [0.15, 0.2) is 5.82 Å². The van der Waals surface area contributed by atoms with Gasteiger partial charge in [0.1, 0.15) is 11.6 Å². The highest BCUT2D eigenvalue weighted by Crippen LogP contribution is 2.32. The second kappa shape index (κ2) is 14.0. The Kier molecular flexibility index (Phi) is 12.1. The molecule has 1 aliphatic rings. The van der Waals surface area contributed by atoms with Crippen LogP contribution in [0, 0.1) is 11.3 Å². The van der Waals surface area contributed by atoms with Gasteiger partial charge in [0, 0.05) is 36.1 Å². The average Bonchev–Trinajstić information content (AvgIpc) is 3.18. The first-order chi connectivity index (χ1) is 15.1. The number of nitrogens with zero attached hydrogens (tertiary/aromatic N) is 3. The van der Waals surface area contributed by atoms with Crippen LogP contribution in [-0.2, 0) is 16.0 Å². The van der Waals surface area contributed by atoms with Crippen LogP contribution in [0.5, 0.6) is 0 Å². The average molecular weight is 460 g/mol. The molecule has 0 spiro atoms. The number of anilines is 1. The number of aryl methyl sites for hydroxylation is 1. The molecule has 0 radical (unpaired) electrons. The number of carbonyl (C=O) groups excluding carboxylic acids is 2. The van der Waals surface area contributed by atoms with Gasteiger partial charge in [-0.15, -0.1) is 5.10 Å². The lowest BCUT2D eigenvalue weighted by molar-refractivity contribution is -0.124. The molecule has 2 aromatic rings. The van der Waals surface area contributed by atoms with Crippen molar-refractivity contribution in [3.8, 4) is 0 Å². The lowest BCUT2D eigenvalue weighted by Crippen LogP contribution is -2.30. The molecule has 0 saturated carbocycles. The number of rotatable bonds is 6. The zero-order chi connectivity index (χ0) is 24.1. The third-order valence-electron chi connectivity index (χ3n) is 5.60. The van der Waals surface area contributed by atoms with Crippen LogP contribution >= 0.6 is 11.6 Å². The summed E-state index contributed by atoms with van der Waals surface area (Å²) in [5.41, 5.74) is 1.12. The van der Waals surface area contributed by atoms with Crippen molar-refractivity contribution in [3.63, 3.8) is 0 Å². The number of benzene rings is 1. The number of hydrogen-bond acceptors (Lipinski definition) is 5. The second-order valence-corrected chi connectivity index (χ2v) is 9.42. The molecule has 2 heterocycles. The summed E-state index contributed by atoms with van der Waals surface area (Å²) in [5.74, 6) is 2.09. The Labute approximate surface area is 198 Å². The first-order valence-electron chi connectivity index (χ1n) is 11.3. The fourth-order valence-electron chi connectivity index (χ4n) is 3.12. The molecule has 32 heavy (non-hydrogen) atoms. The topological polar surface area (TPSA) is 63.2 Å². The summed E-state index contributed by atoms with van der Waals surface area (Å²) < 4.78 is 0. The summed E-state index contributed by atoms with van der Waals surface area (Å²) in [6, 6.07) is 11.7. The lowest BCUT2D eigenvalue weighted by atomic mass is 9.86. The smallest absolute Gasteiger partial charge is 0.151 e. The van der Waals surface area contributed by atoms with E-state index >= 15 is 0 Å². The first-order valence-corrected chi connectivity index (χ1v) is 11.7. The minimum Gasteiger partial charge on any atom is -0.354 e. The van der Waals surface area contributed by atoms with Gasteiger partial charge in [-0.2, -0.15) is 5.10 Å². The Balaban J connectivity index is 0.000000260. The maximum Gasteiger partial charge on any atom is 0.151 e. The van der Waals surface area contributed by atoms with Crippen molar-refractivity contribution in [1.82, 2.24) is 10.2 Å². The molecule has 1 aromatic heterocycles. The Morgan fingerprint density at radius 3 is 2.22 bits per heavy atom. The highest BCUT2D eigenvalue weighted by Gasteiger charge is 2.38. The van der Waals surface area contributed by atoms with Crippen molar-refractivity contribution in [2.75, 3.05) is 18.0 Å². The molecule has 3 rings (SSSR count). The van der Waals surface area contributed by atoms with E-state index < -0.39 is 0 Å². The van der Waals surface area contributed by atoms with Gasteiger partial charge in [-0.05, 0) is 68.9 Å². The molecule has 1 aliphatic heterocycles. The highest BCUT2D eigenvalue weighted by atomic mass is 35.5. The highest BCUT2D eigenvalue weighted by molar-refractivity contribution is 6.30. The van der Waals surface area contributed by atoms with Crippen molar-refractivity contribution in [1.29, 1.82) is 0 Å². The van der Waals surface area contributed by atoms with Gasteiger partial charge in [0.25, 0.3) is 0 Å². The molecule has 5 nitrogen and oxygen atoms in total. The summed E-state index contributed by atoms with van der Waals surface area (Å²) in [7, 11) is 0. The van der Waals surface area contributed by atoms with Crippen LogP contribution in [0.2, 0.25) is 5.02 Å². The number of carbonyl (C=O) groups is 2. The number of Topliss-reactive ketones (excluding diaryl/α,β-unsaturated/α-hetero) is 2. The van der Waals surface area contributed by atoms with E-state index in [1.165, 1.54) is 5.56 Å². The molecular formula is C26H38ClN3O2. The van der Waals surface area contributed by atoms with Gasteiger partial charge in [0.2, 0.25) is 0 Å². The molecular weight excluding hydrogens is 422 g/mol. The predicted octanol–water partition coefficient (Wildman–Crippen LogP) is 6.20. The van der Waals surface area contributed by atoms with Crippen LogP contribution < -0.4 is 4.90 Å². The minimum absolute atomic E-state index is 0.211. The lowest BCUT2D eigenvalue weighted by Gasteiger charge is -2.21. The molecule has 0 bridgehead atoms. The Bertz CT molecular complexity index is 825. The van der Waals surface area contributed by atoms with E-state index in [1.807, 2.05) is 43.3 Å². The molecule has 1 aromatic carbocycles. The quantitative estimate of drug-likeness (QED) is 0.514. The molecule has 1 atom stereocenters. The summed E-state index contributed by atoms with van der Waals surface area (Å²) in [6.45, 7) is 13.3. The molecule has 0 aliphatic carbocycles. The van der Waals surface area contributed by atoms with E-state index in [-0.39, 0.29) is 11.2 Å². The SMILES string of the molecule is CC(=O)C1(C)CCN(c2cccnn2)C1.CC(=O)CCC(C)C.CCc1ccc(Cl)cc1. The van der Waals surface area contributed by atoms with E-state index in [1.54, 1.807) is 20.0 Å². The van der Waals surface area contributed by atoms with Crippen molar-refractivity contribution in [3.05, 3.63) is 53.2 Å². The van der Waals surface area contributed by atoms with Crippen LogP contribution in [0.4, 0.5) is 5.82 Å². The van der Waals surface area contributed by atoms with Crippen molar-refractivity contribution in [2.45, 2.75) is 67.2 Å². The van der Waals surface area contributed by atoms with Gasteiger partial charge in [-0.1, -0.05) is 51.4 Å². The molecule has 6 heteroatoms. The second-order valence-electron chi connectivity index (χ2n) is 8.98. The molecule has 1 saturated heterocycles. The fraction of sp³-hybridized carbons (Fsp3) is 0.538. The van der Waals surface area contributed by atoms with E-state index in [2.05, 4.69) is 35.9 Å². The van der Waals surface area contributed by atoms with Crippen LogP contribution in [0.1, 0.15) is 66.4 Å². The van der Waals surface area contributed by atoms with Gasteiger partial charge in [-0.25, -0.2) is 0 Å². The van der Waals surface area contributed by atoms with E-state index in [0.29, 0.717) is 11.7 Å². The fourth-order valence-corrected chi connectivity index (χ4v) is 3.24. The van der Waals surface area contributed by atoms with Gasteiger partial charge in [0.05, 0.1) is 0 Å². The molecule has 0 N–H and O–H groups in total. The Morgan fingerprint density at radius 1 is 1.16 bits per heavy atom. The summed E-state index contributed by atoms with van der Waals surface area (Å²) in [5, 5.41) is 8.71. The number of halogens is 1. The zero-order valence-corrected chi connectivity index (χ0v) is 21.2. The summed E-state index contributed by atoms with van der Waals surface area (Å²) in [4.78, 5) is 23.9. The largest absolute Gasteiger partial charge is 0.354 e. The van der Waals surface area contributed by atoms with E-state index in [0.717, 1.165) is 49.6 Å². The van der Waals surface area contributed by atoms with Crippen LogP contribution in [0.25, 0.3) is 0 Å². The number of hydrogen-bond donors (Lipinski definition) is 0. The van der Waals surface area contributed by atoms with E-state index in [4.69, 9.17) is 11.6 Å². The number of ketones is 2. The minimum atomic E-state index is -0.211. The Hall–Kier alpha value is -2.27. The maximum atomic E-state index is 11.5. The molecule has 1 unspecified atom stereocenters. The van der Waals surface area contributed by atoms with Crippen molar-refractivity contribution in [2.24, 2.45) is 11.3 Å². The summed E-state index contributed by atoms with van der Waals surface area (Å²) in [6.07, 6.45) is 5.42. The zero-order valence-electron chi connectivity index (χ0n) is 20.4. The van der Waals surface area contributed by atoms with Gasteiger partial charge in [-0.3, -0.25) is 4.79 Å². The van der Waals surface area contributed by atoms with E-state index in [9.17, 15) is 9.59 Å². The third kappa shape index (κ3) is 10.4. The molecule has 1 fully saturated rings. The Morgan fingerprint density at radius 2 is 1.81 bits per heavy atom. The normalized spacial score (nSPS) is 17.2.